The van der Waals surface area contributed by atoms with Crippen molar-refractivity contribution in [3.8, 4) is 0 Å². The van der Waals surface area contributed by atoms with Gasteiger partial charge in [0, 0.05) is 6.04 Å². The molecule has 0 aliphatic rings. The molecule has 2 heteroatoms. The van der Waals surface area contributed by atoms with E-state index in [9.17, 15) is 4.79 Å². The lowest BCUT2D eigenvalue weighted by Crippen LogP contribution is -2.27. The number of hydrogen-bond donors (Lipinski definition) is 1. The molecule has 0 saturated carbocycles. The Morgan fingerprint density at radius 3 is 1.86 bits per heavy atom. The van der Waals surface area contributed by atoms with E-state index in [1.54, 1.807) is 0 Å². The molecule has 0 radical (unpaired) electrons. The lowest BCUT2D eigenvalue weighted by atomic mass is 10.0. The predicted molar refractivity (Wildman–Crippen MR) is 61.3 cm³/mol. The number of unbranched alkanes of at least 4 members (excludes halogenated alkanes) is 4. The largest absolute Gasteiger partial charge is 0.356 e. The van der Waals surface area contributed by atoms with Gasteiger partial charge in [-0.15, -0.1) is 0 Å². The maximum atomic E-state index is 10.4. The molecule has 0 fully saturated rings. The van der Waals surface area contributed by atoms with E-state index in [-0.39, 0.29) is 0 Å². The summed E-state index contributed by atoms with van der Waals surface area (Å²) >= 11 is 0. The third kappa shape index (κ3) is 8.09. The van der Waals surface area contributed by atoms with Gasteiger partial charge >= 0.3 is 0 Å². The SMILES string of the molecule is CCCCCC(CCCCC)NC=O. The molecule has 0 rings (SSSR count). The molecule has 1 amide bonds. The molecule has 14 heavy (non-hydrogen) atoms. The summed E-state index contributed by atoms with van der Waals surface area (Å²) in [5.74, 6) is 0. The monoisotopic (exact) mass is 199 g/mol. The van der Waals surface area contributed by atoms with E-state index in [4.69, 9.17) is 0 Å². The molecular formula is C12H25NO. The van der Waals surface area contributed by atoms with Crippen LogP contribution < -0.4 is 5.32 Å². The molecule has 0 aromatic heterocycles. The summed E-state index contributed by atoms with van der Waals surface area (Å²) < 4.78 is 0. The molecule has 0 aliphatic heterocycles. The van der Waals surface area contributed by atoms with Gasteiger partial charge in [-0.05, 0) is 12.8 Å². The van der Waals surface area contributed by atoms with Gasteiger partial charge in [0.25, 0.3) is 0 Å². The molecule has 84 valence electrons. The van der Waals surface area contributed by atoms with Crippen molar-refractivity contribution in [2.24, 2.45) is 0 Å². The van der Waals surface area contributed by atoms with Crippen molar-refractivity contribution in [1.82, 2.24) is 5.32 Å². The van der Waals surface area contributed by atoms with Crippen molar-refractivity contribution < 1.29 is 4.79 Å². The van der Waals surface area contributed by atoms with Crippen molar-refractivity contribution in [3.05, 3.63) is 0 Å². The van der Waals surface area contributed by atoms with E-state index in [1.165, 1.54) is 38.5 Å². The van der Waals surface area contributed by atoms with Gasteiger partial charge in [0.2, 0.25) is 6.41 Å². The van der Waals surface area contributed by atoms with E-state index < -0.39 is 0 Å². The van der Waals surface area contributed by atoms with Crippen LogP contribution in [0.15, 0.2) is 0 Å². The first kappa shape index (κ1) is 13.5. The molecule has 0 saturated heterocycles. The third-order valence-electron chi connectivity index (χ3n) is 2.62. The van der Waals surface area contributed by atoms with Crippen molar-refractivity contribution in [2.75, 3.05) is 0 Å². The summed E-state index contributed by atoms with van der Waals surface area (Å²) in [4.78, 5) is 10.4. The van der Waals surface area contributed by atoms with Crippen LogP contribution in [0, 0.1) is 0 Å². The Hall–Kier alpha value is -0.530. The van der Waals surface area contributed by atoms with E-state index >= 15 is 0 Å². The number of nitrogens with one attached hydrogen (secondary N) is 1. The van der Waals surface area contributed by atoms with Gasteiger partial charge in [-0.3, -0.25) is 4.79 Å². The fourth-order valence-electron chi connectivity index (χ4n) is 1.69. The Balaban J connectivity index is 3.49. The molecule has 0 spiro atoms. The highest BCUT2D eigenvalue weighted by Gasteiger charge is 2.05. The van der Waals surface area contributed by atoms with Crippen molar-refractivity contribution in [3.63, 3.8) is 0 Å². The highest BCUT2D eigenvalue weighted by atomic mass is 16.1. The lowest BCUT2D eigenvalue weighted by Gasteiger charge is -2.15. The lowest BCUT2D eigenvalue weighted by molar-refractivity contribution is -0.110. The van der Waals surface area contributed by atoms with Gasteiger partial charge < -0.3 is 5.32 Å². The van der Waals surface area contributed by atoms with Crippen molar-refractivity contribution >= 4 is 6.41 Å². The summed E-state index contributed by atoms with van der Waals surface area (Å²) in [5, 5.41) is 2.92. The average Bonchev–Trinajstić information content (AvgIpc) is 2.18. The van der Waals surface area contributed by atoms with Crippen LogP contribution in [0.3, 0.4) is 0 Å². The normalized spacial score (nSPS) is 10.5. The first-order valence-corrected chi connectivity index (χ1v) is 6.04. The van der Waals surface area contributed by atoms with Crippen LogP contribution in [0.4, 0.5) is 0 Å². The van der Waals surface area contributed by atoms with Crippen LogP contribution in [-0.4, -0.2) is 12.5 Å². The molecule has 0 bridgehead atoms. The first-order valence-electron chi connectivity index (χ1n) is 6.04. The number of amides is 1. The number of carbonyl (C=O) groups excluding carboxylic acids is 1. The summed E-state index contributed by atoms with van der Waals surface area (Å²) in [6, 6.07) is 0.422. The Kier molecular flexibility index (Phi) is 10.2. The van der Waals surface area contributed by atoms with E-state index in [1.807, 2.05) is 0 Å². The molecule has 0 unspecified atom stereocenters. The van der Waals surface area contributed by atoms with Crippen LogP contribution in [0.5, 0.6) is 0 Å². The molecule has 0 aromatic carbocycles. The molecule has 0 aromatic rings. The Bertz CT molecular complexity index is 115. The minimum absolute atomic E-state index is 0.422. The summed E-state index contributed by atoms with van der Waals surface area (Å²) in [6.45, 7) is 4.42. The highest BCUT2D eigenvalue weighted by molar-refractivity contribution is 5.46. The zero-order valence-electron chi connectivity index (χ0n) is 9.72. The molecule has 0 atom stereocenters. The number of carbonyl (C=O) groups is 1. The van der Waals surface area contributed by atoms with Gasteiger partial charge in [-0.1, -0.05) is 52.4 Å². The smallest absolute Gasteiger partial charge is 0.207 e. The second-order valence-corrected chi connectivity index (χ2v) is 3.97. The van der Waals surface area contributed by atoms with Gasteiger partial charge in [0.15, 0.2) is 0 Å². The van der Waals surface area contributed by atoms with E-state index in [0.717, 1.165) is 19.3 Å². The minimum Gasteiger partial charge on any atom is -0.356 e. The number of hydrogen-bond acceptors (Lipinski definition) is 1. The van der Waals surface area contributed by atoms with E-state index in [0.29, 0.717) is 6.04 Å². The molecule has 2 nitrogen and oxygen atoms in total. The van der Waals surface area contributed by atoms with Crippen LogP contribution >= 0.6 is 0 Å². The zero-order chi connectivity index (χ0) is 10.6. The topological polar surface area (TPSA) is 29.1 Å². The van der Waals surface area contributed by atoms with Crippen molar-refractivity contribution in [2.45, 2.75) is 71.3 Å². The summed E-state index contributed by atoms with van der Waals surface area (Å²) in [5.41, 5.74) is 0. The minimum atomic E-state index is 0.422. The average molecular weight is 199 g/mol. The standard InChI is InChI=1S/C12H25NO/c1-3-5-7-9-12(13-11-14)10-8-6-4-2/h11-12H,3-10H2,1-2H3,(H,13,14). The Morgan fingerprint density at radius 1 is 1.00 bits per heavy atom. The molecule has 0 aliphatic carbocycles. The van der Waals surface area contributed by atoms with Crippen molar-refractivity contribution in [1.29, 1.82) is 0 Å². The van der Waals surface area contributed by atoms with E-state index in [2.05, 4.69) is 19.2 Å². The fraction of sp³-hybridized carbons (Fsp3) is 0.917. The number of rotatable bonds is 10. The first-order chi connectivity index (χ1) is 6.85. The maximum absolute atomic E-state index is 10.4. The second-order valence-electron chi connectivity index (χ2n) is 3.97. The zero-order valence-corrected chi connectivity index (χ0v) is 9.72. The molecule has 1 N–H and O–H groups in total. The maximum Gasteiger partial charge on any atom is 0.207 e. The quantitative estimate of drug-likeness (QED) is 0.424. The highest BCUT2D eigenvalue weighted by Crippen LogP contribution is 2.10. The van der Waals surface area contributed by atoms with Crippen LogP contribution in [0.2, 0.25) is 0 Å². The van der Waals surface area contributed by atoms with Gasteiger partial charge in [0.1, 0.15) is 0 Å². The Labute approximate surface area is 88.5 Å². The van der Waals surface area contributed by atoms with Gasteiger partial charge in [0.05, 0.1) is 0 Å². The fourth-order valence-corrected chi connectivity index (χ4v) is 1.69. The third-order valence-corrected chi connectivity index (χ3v) is 2.62. The van der Waals surface area contributed by atoms with Crippen LogP contribution in [0.25, 0.3) is 0 Å². The predicted octanol–water partition coefficient (Wildman–Crippen LogP) is 3.26. The van der Waals surface area contributed by atoms with Gasteiger partial charge in [-0.25, -0.2) is 0 Å². The Morgan fingerprint density at radius 2 is 1.50 bits per heavy atom. The summed E-state index contributed by atoms with van der Waals surface area (Å²) in [7, 11) is 0. The van der Waals surface area contributed by atoms with Crippen LogP contribution in [0.1, 0.15) is 65.2 Å². The summed E-state index contributed by atoms with van der Waals surface area (Å²) in [6.07, 6.45) is 10.7. The van der Waals surface area contributed by atoms with Crippen LogP contribution in [-0.2, 0) is 4.79 Å². The second kappa shape index (κ2) is 10.6. The van der Waals surface area contributed by atoms with Gasteiger partial charge in [-0.2, -0.15) is 0 Å². The molecular weight excluding hydrogens is 174 g/mol. The molecule has 0 heterocycles.